The van der Waals surface area contributed by atoms with Gasteiger partial charge in [0.2, 0.25) is 5.88 Å². The molecule has 3 rings (SSSR count). The summed E-state index contributed by atoms with van der Waals surface area (Å²) in [5.41, 5.74) is 2.19. The van der Waals surface area contributed by atoms with E-state index in [-0.39, 0.29) is 11.5 Å². The first-order valence-corrected chi connectivity index (χ1v) is 7.94. The summed E-state index contributed by atoms with van der Waals surface area (Å²) in [6, 6.07) is 10.8. The molecule has 0 spiro atoms. The zero-order chi connectivity index (χ0) is 15.9. The average molecular weight is 297 g/mol. The molecule has 1 unspecified atom stereocenters. The van der Waals surface area contributed by atoms with Gasteiger partial charge in [-0.1, -0.05) is 19.9 Å². The number of pyridine rings is 1. The Morgan fingerprint density at radius 2 is 1.95 bits per heavy atom. The highest BCUT2D eigenvalue weighted by atomic mass is 16.5. The molecule has 1 aliphatic carbocycles. The second-order valence-electron chi connectivity index (χ2n) is 7.27. The van der Waals surface area contributed by atoms with E-state index < -0.39 is 0 Å². The van der Waals surface area contributed by atoms with Crippen LogP contribution in [-0.2, 0) is 0 Å². The van der Waals surface area contributed by atoms with Crippen LogP contribution in [0.1, 0.15) is 38.3 Å². The maximum Gasteiger partial charge on any atom is 0.214 e. The Labute approximate surface area is 133 Å². The van der Waals surface area contributed by atoms with Crippen LogP contribution in [0.4, 0.5) is 0 Å². The molecule has 1 aromatic heterocycles. The van der Waals surface area contributed by atoms with Crippen molar-refractivity contribution in [3.63, 3.8) is 0 Å². The number of rotatable bonds is 5. The monoisotopic (exact) mass is 297 g/mol. The van der Waals surface area contributed by atoms with Crippen molar-refractivity contribution in [1.82, 2.24) is 9.88 Å². The Bertz CT molecular complexity index is 669. The lowest BCUT2D eigenvalue weighted by atomic mass is 9.81. The van der Waals surface area contributed by atoms with Gasteiger partial charge in [-0.3, -0.25) is 0 Å². The molecule has 0 bridgehead atoms. The number of ether oxygens (including phenoxy) is 1. The van der Waals surface area contributed by atoms with Crippen LogP contribution >= 0.6 is 0 Å². The van der Waals surface area contributed by atoms with Crippen molar-refractivity contribution in [2.24, 2.45) is 5.41 Å². The molecule has 3 heteroatoms. The third kappa shape index (κ3) is 3.25. The van der Waals surface area contributed by atoms with Gasteiger partial charge in [-0.2, -0.15) is 0 Å². The zero-order valence-corrected chi connectivity index (χ0v) is 14.0. The van der Waals surface area contributed by atoms with Crippen molar-refractivity contribution in [1.29, 1.82) is 0 Å². The lowest BCUT2D eigenvalue weighted by molar-refractivity contribution is 0.177. The first-order valence-electron chi connectivity index (χ1n) is 7.94. The molecule has 117 valence electrons. The fraction of sp³-hybridized carbons (Fsp3) is 0.474. The second kappa shape index (κ2) is 5.54. The largest absolute Gasteiger partial charge is 0.474 e. The van der Waals surface area contributed by atoms with Crippen molar-refractivity contribution < 1.29 is 4.74 Å². The number of fused-ring (bicyclic) bond motifs is 1. The topological polar surface area (TPSA) is 25.4 Å². The molecule has 2 aromatic rings. The first-order chi connectivity index (χ1) is 10.3. The molecule has 1 fully saturated rings. The summed E-state index contributed by atoms with van der Waals surface area (Å²) >= 11 is 0. The number of nitrogens with zero attached hydrogens (tertiary/aromatic N) is 2. The summed E-state index contributed by atoms with van der Waals surface area (Å²) in [5.74, 6) is 0.740. The SMILES string of the molecule is [CH2]C(C)(C)C(c1ccc2nc(OC3CC3)ccc2c1)N(C)C. The predicted octanol–water partition coefficient (Wildman–Crippen LogP) is 4.24. The summed E-state index contributed by atoms with van der Waals surface area (Å²) in [6.45, 7) is 8.67. The van der Waals surface area contributed by atoms with Crippen LogP contribution < -0.4 is 4.74 Å². The normalized spacial score (nSPS) is 17.0. The highest BCUT2D eigenvalue weighted by molar-refractivity contribution is 5.80. The Morgan fingerprint density at radius 1 is 1.23 bits per heavy atom. The third-order valence-corrected chi connectivity index (χ3v) is 4.07. The van der Waals surface area contributed by atoms with Gasteiger partial charge in [0.1, 0.15) is 6.10 Å². The zero-order valence-electron chi connectivity index (χ0n) is 14.0. The Morgan fingerprint density at radius 3 is 2.55 bits per heavy atom. The van der Waals surface area contributed by atoms with Gasteiger partial charge in [0.25, 0.3) is 0 Å². The standard InChI is InChI=1S/C19H25N2O/c1-19(2,3)18(21(4)5)14-6-10-16-13(12-14)7-11-17(20-16)22-15-8-9-15/h6-7,10-12,15,18H,1,8-9H2,2-5H3. The molecule has 1 saturated carbocycles. The van der Waals surface area contributed by atoms with E-state index in [4.69, 9.17) is 4.74 Å². The third-order valence-electron chi connectivity index (χ3n) is 4.07. The van der Waals surface area contributed by atoms with Crippen LogP contribution in [0.2, 0.25) is 0 Å². The summed E-state index contributed by atoms with van der Waals surface area (Å²) < 4.78 is 5.77. The molecule has 1 heterocycles. The van der Waals surface area contributed by atoms with Crippen molar-refractivity contribution in [2.75, 3.05) is 14.1 Å². The van der Waals surface area contributed by atoms with Crippen LogP contribution in [0.5, 0.6) is 5.88 Å². The molecule has 0 N–H and O–H groups in total. The number of benzene rings is 1. The maximum atomic E-state index is 5.77. The molecule has 1 aromatic carbocycles. The van der Waals surface area contributed by atoms with Crippen LogP contribution in [0.3, 0.4) is 0 Å². The average Bonchev–Trinajstić information content (AvgIpc) is 3.21. The van der Waals surface area contributed by atoms with E-state index in [2.05, 4.69) is 69.0 Å². The fourth-order valence-corrected chi connectivity index (χ4v) is 3.17. The molecule has 0 aliphatic heterocycles. The molecule has 1 aliphatic rings. The van der Waals surface area contributed by atoms with Gasteiger partial charge in [-0.25, -0.2) is 4.98 Å². The number of hydrogen-bond acceptors (Lipinski definition) is 3. The van der Waals surface area contributed by atoms with Gasteiger partial charge in [-0.05, 0) is 63.0 Å². The minimum absolute atomic E-state index is 0.0698. The van der Waals surface area contributed by atoms with Crippen molar-refractivity contribution in [3.05, 3.63) is 42.8 Å². The van der Waals surface area contributed by atoms with E-state index in [9.17, 15) is 0 Å². The maximum absolute atomic E-state index is 5.77. The quantitative estimate of drug-likeness (QED) is 0.825. The molecule has 1 radical (unpaired) electrons. The number of hydrogen-bond donors (Lipinski definition) is 0. The van der Waals surface area contributed by atoms with E-state index in [1.807, 2.05) is 6.07 Å². The summed E-state index contributed by atoms with van der Waals surface area (Å²) in [5, 5.41) is 1.15. The van der Waals surface area contributed by atoms with Gasteiger partial charge in [0.05, 0.1) is 5.52 Å². The smallest absolute Gasteiger partial charge is 0.214 e. The molecule has 1 atom stereocenters. The van der Waals surface area contributed by atoms with E-state index in [0.717, 1.165) is 29.6 Å². The van der Waals surface area contributed by atoms with Crippen LogP contribution in [0, 0.1) is 12.3 Å². The molecule has 0 amide bonds. The fourth-order valence-electron chi connectivity index (χ4n) is 3.17. The molecule has 3 nitrogen and oxygen atoms in total. The van der Waals surface area contributed by atoms with E-state index in [1.54, 1.807) is 0 Å². The van der Waals surface area contributed by atoms with Crippen molar-refractivity contribution >= 4 is 10.9 Å². The van der Waals surface area contributed by atoms with E-state index in [0.29, 0.717) is 6.10 Å². The lowest BCUT2D eigenvalue weighted by Gasteiger charge is -2.36. The van der Waals surface area contributed by atoms with E-state index in [1.165, 1.54) is 5.56 Å². The number of aromatic nitrogens is 1. The minimum atomic E-state index is -0.0698. The van der Waals surface area contributed by atoms with Crippen LogP contribution in [0.15, 0.2) is 30.3 Å². The van der Waals surface area contributed by atoms with E-state index >= 15 is 0 Å². The highest BCUT2D eigenvalue weighted by Crippen LogP contribution is 2.37. The van der Waals surface area contributed by atoms with Gasteiger partial charge < -0.3 is 9.64 Å². The molecule has 22 heavy (non-hydrogen) atoms. The first kappa shape index (κ1) is 15.3. The van der Waals surface area contributed by atoms with Gasteiger partial charge in [0, 0.05) is 17.5 Å². The van der Waals surface area contributed by atoms with Gasteiger partial charge >= 0.3 is 0 Å². The predicted molar refractivity (Wildman–Crippen MR) is 91.0 cm³/mol. The Hall–Kier alpha value is -1.61. The minimum Gasteiger partial charge on any atom is -0.474 e. The molecular weight excluding hydrogens is 272 g/mol. The van der Waals surface area contributed by atoms with Crippen LogP contribution in [0.25, 0.3) is 10.9 Å². The second-order valence-corrected chi connectivity index (χ2v) is 7.27. The Balaban J connectivity index is 1.94. The van der Waals surface area contributed by atoms with Crippen LogP contribution in [-0.4, -0.2) is 30.1 Å². The summed E-state index contributed by atoms with van der Waals surface area (Å²) in [7, 11) is 4.21. The van der Waals surface area contributed by atoms with Gasteiger partial charge in [-0.15, -0.1) is 0 Å². The Kier molecular flexibility index (Phi) is 3.85. The lowest BCUT2D eigenvalue weighted by Crippen LogP contribution is -2.31. The summed E-state index contributed by atoms with van der Waals surface area (Å²) in [4.78, 5) is 6.84. The summed E-state index contributed by atoms with van der Waals surface area (Å²) in [6.07, 6.45) is 2.69. The van der Waals surface area contributed by atoms with Crippen molar-refractivity contribution in [2.45, 2.75) is 38.8 Å². The molecule has 0 saturated heterocycles. The van der Waals surface area contributed by atoms with Crippen molar-refractivity contribution in [3.8, 4) is 5.88 Å². The van der Waals surface area contributed by atoms with Gasteiger partial charge in [0.15, 0.2) is 0 Å². The highest BCUT2D eigenvalue weighted by Gasteiger charge is 2.28. The molecular formula is C19H25N2O.